The Kier molecular flexibility index (Phi) is 2.91. The van der Waals surface area contributed by atoms with E-state index in [1.165, 1.54) is 6.07 Å². The first kappa shape index (κ1) is 14.1. The van der Waals surface area contributed by atoms with Gasteiger partial charge in [-0.25, -0.2) is 4.98 Å². The summed E-state index contributed by atoms with van der Waals surface area (Å²) in [6.07, 6.45) is -0.964. The molecule has 0 radical (unpaired) electrons. The number of nitrogens with zero attached hydrogens (tertiary/aromatic N) is 1. The predicted octanol–water partition coefficient (Wildman–Crippen LogP) is 2.19. The maximum atomic E-state index is 12.2. The molecule has 0 aromatic carbocycles. The van der Waals surface area contributed by atoms with Crippen molar-refractivity contribution < 1.29 is 22.7 Å². The molecular weight excluding hydrogens is 287 g/mol. The van der Waals surface area contributed by atoms with E-state index >= 15 is 0 Å². The lowest BCUT2D eigenvalue weighted by Crippen LogP contribution is -2.54. The minimum Gasteiger partial charge on any atom is -0.404 e. The van der Waals surface area contributed by atoms with Crippen LogP contribution in [0.15, 0.2) is 18.3 Å². The molecule has 1 aromatic rings. The van der Waals surface area contributed by atoms with Crippen LogP contribution in [0.4, 0.5) is 19.0 Å². The Morgan fingerprint density at radius 1 is 1.33 bits per heavy atom. The van der Waals surface area contributed by atoms with Crippen molar-refractivity contribution in [1.82, 2.24) is 4.98 Å². The molecule has 3 fully saturated rings. The molecule has 3 saturated carbocycles. The van der Waals surface area contributed by atoms with Crippen LogP contribution >= 0.6 is 0 Å². The van der Waals surface area contributed by atoms with Gasteiger partial charge in [-0.3, -0.25) is 4.79 Å². The number of alkyl halides is 3. The maximum Gasteiger partial charge on any atom is 0.573 e. The van der Waals surface area contributed by atoms with E-state index in [2.05, 4.69) is 15.0 Å². The van der Waals surface area contributed by atoms with Crippen molar-refractivity contribution in [3.63, 3.8) is 0 Å². The minimum atomic E-state index is -4.76. The maximum absolute atomic E-state index is 12.2. The molecule has 1 amide bonds. The molecule has 0 spiro atoms. The topological polar surface area (TPSA) is 77.2 Å². The second kappa shape index (κ2) is 4.33. The van der Waals surface area contributed by atoms with Gasteiger partial charge in [-0.1, -0.05) is 0 Å². The first-order valence-corrected chi connectivity index (χ1v) is 6.52. The summed E-state index contributed by atoms with van der Waals surface area (Å²) in [7, 11) is 0. The smallest absolute Gasteiger partial charge is 0.404 e. The Bertz CT molecular complexity index is 565. The van der Waals surface area contributed by atoms with Crippen molar-refractivity contribution in [2.45, 2.75) is 37.6 Å². The van der Waals surface area contributed by atoms with E-state index in [0.29, 0.717) is 12.8 Å². The van der Waals surface area contributed by atoms with Crippen LogP contribution in [0.1, 0.15) is 25.7 Å². The van der Waals surface area contributed by atoms with Crippen LogP contribution in [0.25, 0.3) is 0 Å². The molecule has 0 aliphatic heterocycles. The first-order valence-electron chi connectivity index (χ1n) is 6.52. The summed E-state index contributed by atoms with van der Waals surface area (Å²) in [6.45, 7) is 0. The number of halogens is 3. The summed E-state index contributed by atoms with van der Waals surface area (Å²) in [5.74, 6) is -0.396. The molecule has 0 unspecified atom stereocenters. The molecule has 1 aromatic heterocycles. The molecule has 1 heterocycles. The number of rotatable bonds is 3. The molecule has 3 aliphatic rings. The zero-order valence-corrected chi connectivity index (χ0v) is 11.0. The van der Waals surface area contributed by atoms with Crippen LogP contribution in [-0.2, 0) is 4.79 Å². The summed E-state index contributed by atoms with van der Waals surface area (Å²) >= 11 is 0. The highest BCUT2D eigenvalue weighted by molar-refractivity contribution is 5.96. The number of ether oxygens (including phenoxy) is 1. The summed E-state index contributed by atoms with van der Waals surface area (Å²) in [5.41, 5.74) is 5.37. The molecule has 5 nitrogen and oxygen atoms in total. The summed E-state index contributed by atoms with van der Waals surface area (Å²) in [5, 5.41) is 2.63. The fourth-order valence-electron chi connectivity index (χ4n) is 3.31. The molecule has 8 heteroatoms. The van der Waals surface area contributed by atoms with Crippen molar-refractivity contribution in [2.75, 3.05) is 5.32 Å². The molecule has 2 bridgehead atoms. The molecule has 3 N–H and O–H groups in total. The van der Waals surface area contributed by atoms with Crippen LogP contribution in [0.3, 0.4) is 0 Å². The van der Waals surface area contributed by atoms with Gasteiger partial charge in [0.05, 0.1) is 11.6 Å². The van der Waals surface area contributed by atoms with Crippen molar-refractivity contribution in [2.24, 2.45) is 11.1 Å². The highest BCUT2D eigenvalue weighted by Gasteiger charge is 2.62. The number of pyridine rings is 1. The second-order valence-electron chi connectivity index (χ2n) is 5.88. The van der Waals surface area contributed by atoms with Gasteiger partial charge in [0.25, 0.3) is 0 Å². The van der Waals surface area contributed by atoms with Crippen molar-refractivity contribution in [3.8, 4) is 5.75 Å². The standard InChI is InChI=1S/C13H14F3N3O2/c14-13(15,16)21-8-1-2-9(18-5-8)19-10(20)11-3-4-12(17,6-11)7-11/h1-2,5H,3-4,6-7,17H2,(H,18,19,20). The lowest BCUT2D eigenvalue weighted by molar-refractivity contribution is -0.274. The van der Waals surface area contributed by atoms with E-state index in [9.17, 15) is 18.0 Å². The molecular formula is C13H14F3N3O2. The van der Waals surface area contributed by atoms with Crippen molar-refractivity contribution >= 4 is 11.7 Å². The first-order chi connectivity index (χ1) is 9.70. The fourth-order valence-corrected chi connectivity index (χ4v) is 3.31. The molecule has 21 heavy (non-hydrogen) atoms. The van der Waals surface area contributed by atoms with E-state index in [0.717, 1.165) is 25.1 Å². The van der Waals surface area contributed by atoms with E-state index < -0.39 is 17.5 Å². The minimum absolute atomic E-state index is 0.168. The number of amides is 1. The molecule has 4 rings (SSSR count). The van der Waals surface area contributed by atoms with Gasteiger partial charge in [-0.2, -0.15) is 0 Å². The Labute approximate surface area is 118 Å². The van der Waals surface area contributed by atoms with Crippen LogP contribution in [0.2, 0.25) is 0 Å². The summed E-state index contributed by atoms with van der Waals surface area (Å²) < 4.78 is 39.8. The van der Waals surface area contributed by atoms with Gasteiger partial charge in [0.15, 0.2) is 0 Å². The second-order valence-corrected chi connectivity index (χ2v) is 5.88. The van der Waals surface area contributed by atoms with Gasteiger partial charge >= 0.3 is 6.36 Å². The SMILES string of the molecule is NC12CCC(C(=O)Nc3ccc(OC(F)(F)F)cn3)(C1)C2. The normalized spacial score (nSPS) is 30.7. The zero-order chi connectivity index (χ0) is 15.3. The van der Waals surface area contributed by atoms with Crippen LogP contribution < -0.4 is 15.8 Å². The molecule has 0 atom stereocenters. The van der Waals surface area contributed by atoms with Gasteiger partial charge in [0, 0.05) is 5.54 Å². The van der Waals surface area contributed by atoms with E-state index in [1.54, 1.807) is 0 Å². The fraction of sp³-hybridized carbons (Fsp3) is 0.538. The Morgan fingerprint density at radius 3 is 2.52 bits per heavy atom. The lowest BCUT2D eigenvalue weighted by Gasteiger charge is -2.43. The zero-order valence-electron chi connectivity index (χ0n) is 11.0. The Morgan fingerprint density at radius 2 is 2.05 bits per heavy atom. The van der Waals surface area contributed by atoms with E-state index in [-0.39, 0.29) is 17.3 Å². The number of nitrogens with two attached hydrogens (primary N) is 1. The number of hydrogen-bond acceptors (Lipinski definition) is 4. The molecule has 3 aliphatic carbocycles. The summed E-state index contributed by atoms with van der Waals surface area (Å²) in [4.78, 5) is 16.0. The third kappa shape index (κ3) is 2.67. The largest absolute Gasteiger partial charge is 0.573 e. The Balaban J connectivity index is 1.62. The molecule has 0 saturated heterocycles. The van der Waals surface area contributed by atoms with Gasteiger partial charge in [0.2, 0.25) is 5.91 Å². The number of carbonyl (C=O) groups excluding carboxylic acids is 1. The Hall–Kier alpha value is -1.83. The monoisotopic (exact) mass is 301 g/mol. The third-order valence-electron chi connectivity index (χ3n) is 4.18. The van der Waals surface area contributed by atoms with E-state index in [1.807, 2.05) is 0 Å². The number of anilines is 1. The average Bonchev–Trinajstić information content (AvgIpc) is 2.84. The number of nitrogens with one attached hydrogen (secondary N) is 1. The van der Waals surface area contributed by atoms with Gasteiger partial charge in [0.1, 0.15) is 11.6 Å². The van der Waals surface area contributed by atoms with Crippen LogP contribution in [0, 0.1) is 5.41 Å². The van der Waals surface area contributed by atoms with Gasteiger partial charge < -0.3 is 15.8 Å². The highest BCUT2D eigenvalue weighted by atomic mass is 19.4. The molecule has 114 valence electrons. The van der Waals surface area contributed by atoms with Gasteiger partial charge in [-0.15, -0.1) is 13.2 Å². The number of carbonyl (C=O) groups is 1. The number of hydrogen-bond donors (Lipinski definition) is 2. The number of fused-ring (bicyclic) bond motifs is 1. The quantitative estimate of drug-likeness (QED) is 0.897. The van der Waals surface area contributed by atoms with Crippen LogP contribution in [-0.4, -0.2) is 22.8 Å². The van der Waals surface area contributed by atoms with Gasteiger partial charge in [-0.05, 0) is 37.8 Å². The van der Waals surface area contributed by atoms with Crippen molar-refractivity contribution in [3.05, 3.63) is 18.3 Å². The third-order valence-corrected chi connectivity index (χ3v) is 4.18. The summed E-state index contributed by atoms with van der Waals surface area (Å²) in [6, 6.07) is 2.38. The lowest BCUT2D eigenvalue weighted by atomic mass is 9.65. The number of aromatic nitrogens is 1. The van der Waals surface area contributed by atoms with E-state index in [4.69, 9.17) is 5.73 Å². The average molecular weight is 301 g/mol. The highest BCUT2D eigenvalue weighted by Crippen LogP contribution is 2.60. The van der Waals surface area contributed by atoms with Crippen LogP contribution in [0.5, 0.6) is 5.75 Å². The predicted molar refractivity (Wildman–Crippen MR) is 67.4 cm³/mol. The van der Waals surface area contributed by atoms with Crippen molar-refractivity contribution in [1.29, 1.82) is 0 Å².